The molecule has 1 heterocycles. The minimum Gasteiger partial charge on any atom is -0.491 e. The molecule has 0 fully saturated rings. The zero-order valence-corrected chi connectivity index (χ0v) is 17.8. The topological polar surface area (TPSA) is 80.3 Å². The molecule has 1 atom stereocenters. The predicted molar refractivity (Wildman–Crippen MR) is 114 cm³/mol. The third-order valence-corrected chi connectivity index (χ3v) is 5.02. The number of nitrogens with one attached hydrogen (secondary N) is 1. The van der Waals surface area contributed by atoms with Crippen LogP contribution in [0.2, 0.25) is 0 Å². The van der Waals surface area contributed by atoms with Crippen molar-refractivity contribution in [3.8, 4) is 17.2 Å². The third kappa shape index (κ3) is 5.87. The number of nitrogens with zero attached hydrogens (tertiary/aromatic N) is 1. The Labute approximate surface area is 177 Å². The number of hydrogen-bond acceptors (Lipinski definition) is 6. The minimum absolute atomic E-state index is 0.0565. The van der Waals surface area contributed by atoms with Crippen LogP contribution in [0.25, 0.3) is 0 Å². The molecule has 30 heavy (non-hydrogen) atoms. The van der Waals surface area contributed by atoms with E-state index in [-0.39, 0.29) is 25.9 Å². The van der Waals surface area contributed by atoms with Crippen molar-refractivity contribution in [2.45, 2.75) is 39.5 Å². The molecule has 0 radical (unpaired) electrons. The first-order chi connectivity index (χ1) is 14.5. The van der Waals surface area contributed by atoms with Gasteiger partial charge in [0.25, 0.3) is 5.91 Å². The monoisotopic (exact) mass is 414 g/mol. The second-order valence-electron chi connectivity index (χ2n) is 7.54. The van der Waals surface area contributed by atoms with Gasteiger partial charge >= 0.3 is 0 Å². The van der Waals surface area contributed by atoms with Crippen molar-refractivity contribution in [1.82, 2.24) is 10.2 Å². The molecular formula is C23H30N2O5. The number of benzene rings is 2. The Morgan fingerprint density at radius 1 is 1.17 bits per heavy atom. The van der Waals surface area contributed by atoms with Crippen LogP contribution >= 0.6 is 0 Å². The summed E-state index contributed by atoms with van der Waals surface area (Å²) < 4.78 is 16.1. The maximum Gasteiger partial charge on any atom is 0.251 e. The average molecular weight is 415 g/mol. The smallest absolute Gasteiger partial charge is 0.251 e. The van der Waals surface area contributed by atoms with Gasteiger partial charge < -0.3 is 24.6 Å². The van der Waals surface area contributed by atoms with E-state index in [0.29, 0.717) is 28.9 Å². The third-order valence-electron chi connectivity index (χ3n) is 5.02. The summed E-state index contributed by atoms with van der Waals surface area (Å²) in [5, 5.41) is 12.9. The summed E-state index contributed by atoms with van der Waals surface area (Å²) in [4.78, 5) is 14.7. The summed E-state index contributed by atoms with van der Waals surface area (Å²) in [6.45, 7) is 8.67. The van der Waals surface area contributed by atoms with Crippen molar-refractivity contribution in [3.05, 3.63) is 53.6 Å². The predicted octanol–water partition coefficient (Wildman–Crippen LogP) is 2.82. The SMILES string of the molecule is CCN(Cc1ccc(C(=O)NCC(O)COc2ccc3c(c2)OCO3)cc1)C(C)C. The Bertz CT molecular complexity index is 838. The van der Waals surface area contributed by atoms with Gasteiger partial charge in [0.2, 0.25) is 6.79 Å². The summed E-state index contributed by atoms with van der Waals surface area (Å²) in [5.74, 6) is 1.64. The number of hydrogen-bond donors (Lipinski definition) is 2. The second kappa shape index (κ2) is 10.3. The van der Waals surface area contributed by atoms with Crippen LogP contribution in [0, 0.1) is 0 Å². The van der Waals surface area contributed by atoms with Crippen LogP contribution in [-0.2, 0) is 6.54 Å². The van der Waals surface area contributed by atoms with E-state index in [1.165, 1.54) is 5.56 Å². The molecule has 0 saturated heterocycles. The summed E-state index contributed by atoms with van der Waals surface area (Å²) in [5.41, 5.74) is 1.73. The first-order valence-corrected chi connectivity index (χ1v) is 10.3. The Balaban J connectivity index is 1.43. The summed E-state index contributed by atoms with van der Waals surface area (Å²) >= 11 is 0. The highest BCUT2D eigenvalue weighted by Crippen LogP contribution is 2.35. The molecule has 0 saturated carbocycles. The molecule has 7 heteroatoms. The molecule has 7 nitrogen and oxygen atoms in total. The zero-order chi connectivity index (χ0) is 21.5. The van der Waals surface area contributed by atoms with Gasteiger partial charge in [-0.2, -0.15) is 0 Å². The quantitative estimate of drug-likeness (QED) is 0.622. The number of ether oxygens (including phenoxy) is 3. The first-order valence-electron chi connectivity index (χ1n) is 10.3. The van der Waals surface area contributed by atoms with Gasteiger partial charge in [-0.15, -0.1) is 0 Å². The lowest BCUT2D eigenvalue weighted by Gasteiger charge is -2.24. The van der Waals surface area contributed by atoms with Gasteiger partial charge in [0, 0.05) is 30.8 Å². The largest absolute Gasteiger partial charge is 0.491 e. The van der Waals surface area contributed by atoms with Gasteiger partial charge in [-0.1, -0.05) is 19.1 Å². The molecule has 1 aliphatic rings. The lowest BCUT2D eigenvalue weighted by molar-refractivity contribution is 0.0843. The van der Waals surface area contributed by atoms with Crippen molar-refractivity contribution in [2.75, 3.05) is 26.5 Å². The number of rotatable bonds is 10. The summed E-state index contributed by atoms with van der Waals surface area (Å²) in [6.07, 6.45) is -0.831. The number of aliphatic hydroxyl groups excluding tert-OH is 1. The van der Waals surface area contributed by atoms with Crippen molar-refractivity contribution in [3.63, 3.8) is 0 Å². The highest BCUT2D eigenvalue weighted by molar-refractivity contribution is 5.94. The molecule has 1 unspecified atom stereocenters. The Morgan fingerprint density at radius 3 is 2.60 bits per heavy atom. The molecule has 2 aromatic carbocycles. The highest BCUT2D eigenvalue weighted by atomic mass is 16.7. The van der Waals surface area contributed by atoms with Crippen LogP contribution in [0.3, 0.4) is 0 Å². The number of aliphatic hydroxyl groups is 1. The Morgan fingerprint density at radius 2 is 1.90 bits per heavy atom. The van der Waals surface area contributed by atoms with E-state index in [2.05, 4.69) is 31.0 Å². The molecule has 0 spiro atoms. The first kappa shape index (κ1) is 21.9. The molecule has 2 N–H and O–H groups in total. The standard InChI is InChI=1S/C23H30N2O5/c1-4-25(16(2)3)13-17-5-7-18(8-6-17)23(27)24-12-19(26)14-28-20-9-10-21-22(11-20)30-15-29-21/h5-11,16,19,26H,4,12-15H2,1-3H3,(H,24,27). The van der Waals surface area contributed by atoms with Crippen molar-refractivity contribution < 1.29 is 24.1 Å². The molecular weight excluding hydrogens is 384 g/mol. The Hall–Kier alpha value is -2.77. The van der Waals surface area contributed by atoms with Crippen LogP contribution in [0.1, 0.15) is 36.7 Å². The molecule has 0 aliphatic carbocycles. The van der Waals surface area contributed by atoms with Crippen LogP contribution in [0.5, 0.6) is 17.2 Å². The lowest BCUT2D eigenvalue weighted by Crippen LogP contribution is -2.35. The van der Waals surface area contributed by atoms with Crippen LogP contribution in [0.15, 0.2) is 42.5 Å². The number of amides is 1. The van der Waals surface area contributed by atoms with E-state index >= 15 is 0 Å². The zero-order valence-electron chi connectivity index (χ0n) is 17.8. The molecule has 2 aromatic rings. The minimum atomic E-state index is -0.831. The van der Waals surface area contributed by atoms with Gasteiger partial charge in [-0.3, -0.25) is 9.69 Å². The van der Waals surface area contributed by atoms with E-state index in [0.717, 1.165) is 13.1 Å². The molecule has 3 rings (SSSR count). The lowest BCUT2D eigenvalue weighted by atomic mass is 10.1. The number of carbonyl (C=O) groups is 1. The van der Waals surface area contributed by atoms with E-state index in [4.69, 9.17) is 14.2 Å². The van der Waals surface area contributed by atoms with Gasteiger partial charge in [-0.05, 0) is 50.2 Å². The van der Waals surface area contributed by atoms with Gasteiger partial charge in [0.05, 0.1) is 0 Å². The van der Waals surface area contributed by atoms with E-state index in [9.17, 15) is 9.90 Å². The van der Waals surface area contributed by atoms with Gasteiger partial charge in [-0.25, -0.2) is 0 Å². The van der Waals surface area contributed by atoms with E-state index in [1.807, 2.05) is 24.3 Å². The average Bonchev–Trinajstić information content (AvgIpc) is 3.22. The summed E-state index contributed by atoms with van der Waals surface area (Å²) in [7, 11) is 0. The van der Waals surface area contributed by atoms with Crippen LogP contribution < -0.4 is 19.5 Å². The highest BCUT2D eigenvalue weighted by Gasteiger charge is 2.15. The molecule has 1 aliphatic heterocycles. The van der Waals surface area contributed by atoms with E-state index in [1.54, 1.807) is 18.2 Å². The summed E-state index contributed by atoms with van der Waals surface area (Å²) in [6, 6.07) is 13.3. The normalized spacial score (nSPS) is 13.5. The van der Waals surface area contributed by atoms with Crippen molar-refractivity contribution in [1.29, 1.82) is 0 Å². The van der Waals surface area contributed by atoms with Gasteiger partial charge in [0.1, 0.15) is 18.5 Å². The maximum atomic E-state index is 12.3. The Kier molecular flexibility index (Phi) is 7.54. The van der Waals surface area contributed by atoms with Crippen molar-refractivity contribution >= 4 is 5.91 Å². The van der Waals surface area contributed by atoms with Crippen LogP contribution in [0.4, 0.5) is 0 Å². The molecule has 1 amide bonds. The van der Waals surface area contributed by atoms with Crippen molar-refractivity contribution in [2.24, 2.45) is 0 Å². The maximum absolute atomic E-state index is 12.3. The van der Waals surface area contributed by atoms with E-state index < -0.39 is 6.10 Å². The number of carbonyl (C=O) groups excluding carboxylic acids is 1. The molecule has 0 bridgehead atoms. The van der Waals surface area contributed by atoms with Gasteiger partial charge in [0.15, 0.2) is 11.5 Å². The fourth-order valence-electron chi connectivity index (χ4n) is 3.19. The molecule has 0 aromatic heterocycles. The van der Waals surface area contributed by atoms with Crippen LogP contribution in [-0.4, -0.2) is 54.5 Å². The fourth-order valence-corrected chi connectivity index (χ4v) is 3.19. The second-order valence-corrected chi connectivity index (χ2v) is 7.54. The molecule has 162 valence electrons. The fraction of sp³-hybridized carbons (Fsp3) is 0.435. The number of fused-ring (bicyclic) bond motifs is 1.